The van der Waals surface area contributed by atoms with Crippen molar-refractivity contribution in [2.45, 2.75) is 18.9 Å². The summed E-state index contributed by atoms with van der Waals surface area (Å²) in [4.78, 5) is 28.1. The van der Waals surface area contributed by atoms with E-state index in [-0.39, 0.29) is 11.4 Å². The molecule has 20 heavy (non-hydrogen) atoms. The zero-order chi connectivity index (χ0) is 14.3. The maximum Gasteiger partial charge on any atom is 0.373 e. The normalized spacial score (nSPS) is 22.8. The first-order chi connectivity index (χ1) is 9.63. The van der Waals surface area contributed by atoms with Gasteiger partial charge in [0, 0.05) is 10.8 Å². The zero-order valence-electron chi connectivity index (χ0n) is 10.9. The molecule has 3 rings (SSSR count). The van der Waals surface area contributed by atoms with Crippen LogP contribution in [0.4, 0.5) is 0 Å². The van der Waals surface area contributed by atoms with E-state index in [0.29, 0.717) is 12.8 Å². The summed E-state index contributed by atoms with van der Waals surface area (Å²) in [6, 6.07) is 6.97. The van der Waals surface area contributed by atoms with Gasteiger partial charge in [-0.25, -0.2) is 4.79 Å². The van der Waals surface area contributed by atoms with Crippen molar-refractivity contribution in [3.63, 3.8) is 0 Å². The molecule has 1 heterocycles. The lowest BCUT2D eigenvalue weighted by molar-refractivity contribution is -0.139. The molecule has 0 amide bonds. The molecule has 1 saturated carbocycles. The fraction of sp³-hybridized carbons (Fsp3) is 0.267. The molecule has 0 bridgehead atoms. The Morgan fingerprint density at radius 2 is 2.10 bits per heavy atom. The molecule has 5 nitrogen and oxygen atoms in total. The second kappa shape index (κ2) is 4.59. The summed E-state index contributed by atoms with van der Waals surface area (Å²) < 4.78 is 4.45. The first kappa shape index (κ1) is 12.6. The standard InChI is InChI=1S/C15H13NO4/c1-20-15(19)14(18)10-7-6-9-8-4-2-3-5-11(8)16-12(9)13(10)17/h2-5,12,18H,6-7H2,1H3. The van der Waals surface area contributed by atoms with Gasteiger partial charge in [0.1, 0.15) is 6.04 Å². The molecular weight excluding hydrogens is 258 g/mol. The fourth-order valence-electron chi connectivity index (χ4n) is 2.71. The number of aliphatic hydroxyl groups excluding tert-OH is 1. The van der Waals surface area contributed by atoms with E-state index < -0.39 is 17.8 Å². The Kier molecular flexibility index (Phi) is 2.89. The number of fused-ring (bicyclic) bond motifs is 2. The van der Waals surface area contributed by atoms with Crippen LogP contribution in [0.5, 0.6) is 0 Å². The number of carbonyl (C=O) groups excluding carboxylic acids is 2. The summed E-state index contributed by atoms with van der Waals surface area (Å²) in [7, 11) is 1.17. The molecule has 5 heteroatoms. The lowest BCUT2D eigenvalue weighted by Crippen LogP contribution is -2.30. The maximum absolute atomic E-state index is 12.4. The minimum atomic E-state index is -0.882. The topological polar surface area (TPSA) is 76.0 Å². The summed E-state index contributed by atoms with van der Waals surface area (Å²) in [5.41, 5.74) is 1.08. The third-order valence-corrected chi connectivity index (χ3v) is 3.70. The molecule has 0 spiro atoms. The zero-order valence-corrected chi connectivity index (χ0v) is 10.9. The molecule has 0 saturated heterocycles. The van der Waals surface area contributed by atoms with Crippen molar-refractivity contribution in [3.05, 3.63) is 46.2 Å². The highest BCUT2D eigenvalue weighted by atomic mass is 16.5. The second-order valence-electron chi connectivity index (χ2n) is 4.76. The van der Waals surface area contributed by atoms with E-state index in [1.165, 1.54) is 7.11 Å². The number of nitrogens with zero attached hydrogens (tertiary/aromatic N) is 1. The number of benzene rings is 1. The Hall–Kier alpha value is -2.43. The van der Waals surface area contributed by atoms with Crippen LogP contribution in [0, 0.1) is 0 Å². The third kappa shape index (κ3) is 1.74. The molecule has 2 aliphatic rings. The number of para-hydroxylation sites is 1. The predicted octanol–water partition coefficient (Wildman–Crippen LogP) is 0.187. The fourth-order valence-corrected chi connectivity index (χ4v) is 2.71. The largest absolute Gasteiger partial charge is 0.502 e. The van der Waals surface area contributed by atoms with Gasteiger partial charge in [0.15, 0.2) is 5.78 Å². The Labute approximate surface area is 114 Å². The first-order valence-corrected chi connectivity index (χ1v) is 6.34. The van der Waals surface area contributed by atoms with Gasteiger partial charge in [0.2, 0.25) is 5.76 Å². The summed E-state index contributed by atoms with van der Waals surface area (Å²) in [6.45, 7) is 0. The number of rotatable bonds is 1. The van der Waals surface area contributed by atoms with Crippen LogP contribution >= 0.6 is 0 Å². The van der Waals surface area contributed by atoms with Gasteiger partial charge in [-0.05, 0) is 24.5 Å². The predicted molar refractivity (Wildman–Crippen MR) is 70.3 cm³/mol. The van der Waals surface area contributed by atoms with Crippen LogP contribution in [-0.4, -0.2) is 30.0 Å². The number of methoxy groups -OCH3 is 1. The molecule has 1 aliphatic carbocycles. The van der Waals surface area contributed by atoms with Crippen LogP contribution in [0.3, 0.4) is 0 Å². The molecule has 1 atom stereocenters. The van der Waals surface area contributed by atoms with Gasteiger partial charge in [0.25, 0.3) is 0 Å². The quantitative estimate of drug-likeness (QED) is 0.449. The van der Waals surface area contributed by atoms with E-state index in [0.717, 1.165) is 16.1 Å². The highest BCUT2D eigenvalue weighted by Gasteiger charge is 2.36. The number of esters is 1. The number of hydrogen-bond acceptors (Lipinski definition) is 5. The lowest BCUT2D eigenvalue weighted by atomic mass is 9.84. The number of Topliss-reactive ketones (excluding diaryl/α,β-unsaturated/α-hetero) is 1. The second-order valence-corrected chi connectivity index (χ2v) is 4.76. The van der Waals surface area contributed by atoms with E-state index in [1.54, 1.807) is 0 Å². The molecule has 1 aromatic carbocycles. The molecule has 1 fully saturated rings. The summed E-state index contributed by atoms with van der Waals surface area (Å²) >= 11 is 0. The van der Waals surface area contributed by atoms with Gasteiger partial charge >= 0.3 is 5.97 Å². The van der Waals surface area contributed by atoms with Crippen molar-refractivity contribution in [1.82, 2.24) is 0 Å². The maximum atomic E-state index is 12.4. The Morgan fingerprint density at radius 3 is 2.85 bits per heavy atom. The van der Waals surface area contributed by atoms with Crippen LogP contribution in [0.15, 0.2) is 40.6 Å². The number of ether oxygens (including phenoxy) is 1. The van der Waals surface area contributed by atoms with Crippen molar-refractivity contribution in [2.24, 2.45) is 4.99 Å². The lowest BCUT2D eigenvalue weighted by Gasteiger charge is -2.21. The van der Waals surface area contributed by atoms with Gasteiger partial charge in [0.05, 0.1) is 12.5 Å². The molecular formula is C15H13NO4. The number of ketones is 1. The molecule has 1 aliphatic heterocycles. The van der Waals surface area contributed by atoms with Gasteiger partial charge in [-0.2, -0.15) is 0 Å². The molecule has 0 radical (unpaired) electrons. The molecule has 1 aromatic rings. The van der Waals surface area contributed by atoms with E-state index in [2.05, 4.69) is 9.73 Å². The first-order valence-electron chi connectivity index (χ1n) is 6.34. The monoisotopic (exact) mass is 271 g/mol. The van der Waals surface area contributed by atoms with Crippen LogP contribution < -0.4 is 10.6 Å². The highest BCUT2D eigenvalue weighted by molar-refractivity contribution is 6.11. The minimum Gasteiger partial charge on any atom is -0.502 e. The van der Waals surface area contributed by atoms with E-state index in [4.69, 9.17) is 0 Å². The SMILES string of the molecule is COC(=O)C(O)=C1CCC2=c3ccccc3=NC2C1=O. The Bertz CT molecular complexity index is 760. The van der Waals surface area contributed by atoms with Crippen LogP contribution in [0.1, 0.15) is 12.8 Å². The number of carbonyl (C=O) groups is 2. The number of hydrogen-bond donors (Lipinski definition) is 1. The highest BCUT2D eigenvalue weighted by Crippen LogP contribution is 2.30. The van der Waals surface area contributed by atoms with E-state index in [9.17, 15) is 14.7 Å². The molecule has 0 aromatic heterocycles. The van der Waals surface area contributed by atoms with Crippen LogP contribution in [0.2, 0.25) is 0 Å². The van der Waals surface area contributed by atoms with Crippen molar-refractivity contribution < 1.29 is 19.4 Å². The summed E-state index contributed by atoms with van der Waals surface area (Å²) in [6.07, 6.45) is 0.933. The van der Waals surface area contributed by atoms with Gasteiger partial charge < -0.3 is 9.84 Å². The van der Waals surface area contributed by atoms with Crippen LogP contribution in [-0.2, 0) is 14.3 Å². The van der Waals surface area contributed by atoms with Gasteiger partial charge in [-0.1, -0.05) is 18.2 Å². The van der Waals surface area contributed by atoms with Crippen molar-refractivity contribution in [1.29, 1.82) is 0 Å². The molecule has 1 unspecified atom stereocenters. The van der Waals surface area contributed by atoms with E-state index in [1.807, 2.05) is 24.3 Å². The average Bonchev–Trinajstić information content (AvgIpc) is 2.86. The van der Waals surface area contributed by atoms with Crippen molar-refractivity contribution in [2.75, 3.05) is 7.11 Å². The molecule has 102 valence electrons. The third-order valence-electron chi connectivity index (χ3n) is 3.70. The van der Waals surface area contributed by atoms with Gasteiger partial charge in [-0.3, -0.25) is 9.79 Å². The van der Waals surface area contributed by atoms with Crippen molar-refractivity contribution in [3.8, 4) is 0 Å². The average molecular weight is 271 g/mol. The van der Waals surface area contributed by atoms with Crippen LogP contribution in [0.25, 0.3) is 5.57 Å². The van der Waals surface area contributed by atoms with Gasteiger partial charge in [-0.15, -0.1) is 0 Å². The smallest absolute Gasteiger partial charge is 0.373 e. The van der Waals surface area contributed by atoms with E-state index >= 15 is 0 Å². The minimum absolute atomic E-state index is 0.113. The molecule has 1 N–H and O–H groups in total. The Morgan fingerprint density at radius 1 is 1.35 bits per heavy atom. The Balaban J connectivity index is 2.08. The summed E-state index contributed by atoms with van der Waals surface area (Å²) in [5, 5.41) is 11.6. The summed E-state index contributed by atoms with van der Waals surface area (Å²) in [5.74, 6) is -1.79. The van der Waals surface area contributed by atoms with Crippen molar-refractivity contribution >= 4 is 17.3 Å². The number of aliphatic hydroxyl groups is 1.